The van der Waals surface area contributed by atoms with Crippen molar-refractivity contribution in [1.29, 1.82) is 0 Å². The van der Waals surface area contributed by atoms with Gasteiger partial charge in [-0.2, -0.15) is 20.1 Å². The van der Waals surface area contributed by atoms with Crippen molar-refractivity contribution in [2.45, 2.75) is 38.5 Å². The van der Waals surface area contributed by atoms with Crippen LogP contribution in [0.3, 0.4) is 0 Å². The first kappa shape index (κ1) is 18.9. The summed E-state index contributed by atoms with van der Waals surface area (Å²) >= 11 is 6.19. The smallest absolute Gasteiger partial charge is 0.250 e. The van der Waals surface area contributed by atoms with Crippen LogP contribution in [0, 0.1) is 0 Å². The maximum Gasteiger partial charge on any atom is 0.250 e. The van der Waals surface area contributed by atoms with Crippen LogP contribution in [0.25, 0.3) is 0 Å². The van der Waals surface area contributed by atoms with Gasteiger partial charge in [0.15, 0.2) is 0 Å². The van der Waals surface area contributed by atoms with Gasteiger partial charge in [0.05, 0.1) is 6.21 Å². The van der Waals surface area contributed by atoms with Gasteiger partial charge in [0, 0.05) is 36.8 Å². The Morgan fingerprint density at radius 3 is 1.96 bits per heavy atom. The van der Waals surface area contributed by atoms with Gasteiger partial charge >= 0.3 is 0 Å². The van der Waals surface area contributed by atoms with Crippen LogP contribution < -0.4 is 15.2 Å². The normalized spacial score (nSPS) is 17.9. The number of piperidine rings is 2. The predicted octanol–water partition coefficient (Wildman–Crippen LogP) is 3.95. The third kappa shape index (κ3) is 4.70. The van der Waals surface area contributed by atoms with E-state index in [2.05, 4.69) is 30.3 Å². The van der Waals surface area contributed by atoms with Crippen molar-refractivity contribution < 1.29 is 0 Å². The lowest BCUT2D eigenvalue weighted by atomic mass is 10.1. The van der Waals surface area contributed by atoms with Crippen LogP contribution in [-0.4, -0.2) is 47.3 Å². The van der Waals surface area contributed by atoms with E-state index in [0.717, 1.165) is 43.6 Å². The third-order valence-corrected chi connectivity index (χ3v) is 5.51. The number of nitrogens with zero attached hydrogens (tertiary/aromatic N) is 6. The highest BCUT2D eigenvalue weighted by molar-refractivity contribution is 6.33. The number of rotatable bonds is 5. The van der Waals surface area contributed by atoms with Gasteiger partial charge in [-0.15, -0.1) is 0 Å². The standard InChI is InChI=1S/C20H26ClN7/c21-17-10-4-3-9-16(17)15-22-26-18-23-19(27-11-5-1-6-12-27)25-20(24-18)28-13-7-2-8-14-28/h3-4,9-10,15H,1-2,5-8,11-14H2,(H,23,24,25,26)/b22-15+. The first-order valence-electron chi connectivity index (χ1n) is 10.1. The summed E-state index contributed by atoms with van der Waals surface area (Å²) < 4.78 is 0. The van der Waals surface area contributed by atoms with E-state index < -0.39 is 0 Å². The van der Waals surface area contributed by atoms with Crippen LogP contribution in [0.15, 0.2) is 29.4 Å². The van der Waals surface area contributed by atoms with Crippen molar-refractivity contribution in [3.05, 3.63) is 34.9 Å². The molecule has 0 spiro atoms. The molecule has 1 N–H and O–H groups in total. The minimum Gasteiger partial charge on any atom is -0.341 e. The number of halogens is 1. The zero-order valence-electron chi connectivity index (χ0n) is 16.0. The first-order valence-corrected chi connectivity index (χ1v) is 10.5. The van der Waals surface area contributed by atoms with E-state index in [0.29, 0.717) is 11.0 Å². The maximum atomic E-state index is 6.19. The van der Waals surface area contributed by atoms with Gasteiger partial charge in [-0.3, -0.25) is 0 Å². The second kappa shape index (κ2) is 9.19. The molecular formula is C20H26ClN7. The van der Waals surface area contributed by atoms with Gasteiger partial charge in [0.1, 0.15) is 0 Å². The fraction of sp³-hybridized carbons (Fsp3) is 0.500. The van der Waals surface area contributed by atoms with Gasteiger partial charge in [-0.25, -0.2) is 5.43 Å². The molecule has 0 amide bonds. The Kier molecular flexibility index (Phi) is 6.21. The predicted molar refractivity (Wildman–Crippen MR) is 115 cm³/mol. The van der Waals surface area contributed by atoms with E-state index in [-0.39, 0.29) is 0 Å². The molecule has 0 unspecified atom stereocenters. The molecule has 28 heavy (non-hydrogen) atoms. The molecule has 2 aliphatic rings. The molecule has 0 bridgehead atoms. The molecule has 8 heteroatoms. The Balaban J connectivity index is 1.56. The topological polar surface area (TPSA) is 69.5 Å². The highest BCUT2D eigenvalue weighted by atomic mass is 35.5. The largest absolute Gasteiger partial charge is 0.341 e. The second-order valence-corrected chi connectivity index (χ2v) is 7.65. The maximum absolute atomic E-state index is 6.19. The van der Waals surface area contributed by atoms with Crippen LogP contribution in [0.1, 0.15) is 44.1 Å². The highest BCUT2D eigenvalue weighted by Crippen LogP contribution is 2.22. The van der Waals surface area contributed by atoms with Gasteiger partial charge < -0.3 is 9.80 Å². The summed E-state index contributed by atoms with van der Waals surface area (Å²) in [5, 5.41) is 4.95. The molecule has 1 aromatic carbocycles. The molecule has 3 heterocycles. The van der Waals surface area contributed by atoms with E-state index >= 15 is 0 Å². The average molecular weight is 400 g/mol. The van der Waals surface area contributed by atoms with Crippen molar-refractivity contribution in [2.75, 3.05) is 41.4 Å². The summed E-state index contributed by atoms with van der Waals surface area (Å²) in [5.41, 5.74) is 3.82. The lowest BCUT2D eigenvalue weighted by Crippen LogP contribution is -2.34. The van der Waals surface area contributed by atoms with Crippen LogP contribution in [0.5, 0.6) is 0 Å². The summed E-state index contributed by atoms with van der Waals surface area (Å²) in [6.45, 7) is 3.97. The molecular weight excluding hydrogens is 374 g/mol. The van der Waals surface area contributed by atoms with Crippen LogP contribution in [0.4, 0.5) is 17.8 Å². The molecule has 148 valence electrons. The Morgan fingerprint density at radius 2 is 1.39 bits per heavy atom. The quantitative estimate of drug-likeness (QED) is 0.606. The molecule has 7 nitrogen and oxygen atoms in total. The van der Waals surface area contributed by atoms with Gasteiger partial charge in [0.25, 0.3) is 0 Å². The Labute approximate surface area is 170 Å². The van der Waals surface area contributed by atoms with Gasteiger partial charge in [-0.1, -0.05) is 29.8 Å². The molecule has 2 aromatic rings. The summed E-state index contributed by atoms with van der Waals surface area (Å²) in [5.74, 6) is 1.95. The third-order valence-electron chi connectivity index (χ3n) is 5.16. The number of hydrogen-bond acceptors (Lipinski definition) is 7. The summed E-state index contributed by atoms with van der Waals surface area (Å²) in [6.07, 6.45) is 8.95. The highest BCUT2D eigenvalue weighted by Gasteiger charge is 2.20. The number of hydrogen-bond donors (Lipinski definition) is 1. The zero-order chi connectivity index (χ0) is 19.2. The Bertz CT molecular complexity index is 778. The lowest BCUT2D eigenvalue weighted by molar-refractivity contribution is 0.556. The minimum atomic E-state index is 0.472. The van der Waals surface area contributed by atoms with Gasteiger partial charge in [-0.05, 0) is 44.6 Å². The summed E-state index contributed by atoms with van der Waals surface area (Å²) in [7, 11) is 0. The van der Waals surface area contributed by atoms with Crippen molar-refractivity contribution in [3.63, 3.8) is 0 Å². The fourth-order valence-electron chi connectivity index (χ4n) is 3.61. The minimum absolute atomic E-state index is 0.472. The number of hydrazone groups is 1. The van der Waals surface area contributed by atoms with Crippen molar-refractivity contribution in [3.8, 4) is 0 Å². The van der Waals surface area contributed by atoms with Crippen LogP contribution in [0.2, 0.25) is 5.02 Å². The van der Waals surface area contributed by atoms with E-state index in [1.165, 1.54) is 38.5 Å². The molecule has 2 fully saturated rings. The summed E-state index contributed by atoms with van der Waals surface area (Å²) in [4.78, 5) is 18.5. The van der Waals surface area contributed by atoms with Crippen LogP contribution >= 0.6 is 11.6 Å². The molecule has 1 aromatic heterocycles. The molecule has 0 radical (unpaired) electrons. The number of aromatic nitrogens is 3. The van der Waals surface area contributed by atoms with Crippen molar-refractivity contribution >= 4 is 35.7 Å². The van der Waals surface area contributed by atoms with E-state index in [9.17, 15) is 0 Å². The average Bonchev–Trinajstić information content (AvgIpc) is 2.76. The monoisotopic (exact) mass is 399 g/mol. The number of nitrogens with one attached hydrogen (secondary N) is 1. The number of anilines is 3. The van der Waals surface area contributed by atoms with Crippen LogP contribution in [-0.2, 0) is 0 Å². The van der Waals surface area contributed by atoms with Crippen molar-refractivity contribution in [2.24, 2.45) is 5.10 Å². The van der Waals surface area contributed by atoms with E-state index in [4.69, 9.17) is 16.6 Å². The molecule has 0 atom stereocenters. The SMILES string of the molecule is Clc1ccccc1/C=N/Nc1nc(N2CCCCC2)nc(N2CCCCC2)n1. The molecule has 2 saturated heterocycles. The van der Waals surface area contributed by atoms with Gasteiger partial charge in [0.2, 0.25) is 17.8 Å². The first-order chi connectivity index (χ1) is 13.8. The molecule has 0 saturated carbocycles. The zero-order valence-corrected chi connectivity index (χ0v) is 16.8. The van der Waals surface area contributed by atoms with Crippen molar-refractivity contribution in [1.82, 2.24) is 15.0 Å². The molecule has 4 rings (SSSR count). The number of benzene rings is 1. The van der Waals surface area contributed by atoms with E-state index in [1.807, 2.05) is 24.3 Å². The fourth-order valence-corrected chi connectivity index (χ4v) is 3.80. The Hall–Kier alpha value is -2.41. The lowest BCUT2D eigenvalue weighted by Gasteiger charge is -2.30. The molecule has 2 aliphatic heterocycles. The second-order valence-electron chi connectivity index (χ2n) is 7.25. The van der Waals surface area contributed by atoms with E-state index in [1.54, 1.807) is 6.21 Å². The Morgan fingerprint density at radius 1 is 0.821 bits per heavy atom. The summed E-state index contributed by atoms with van der Waals surface area (Å²) in [6, 6.07) is 7.59. The molecule has 0 aliphatic carbocycles.